The average molecular weight is 240 g/mol. The van der Waals surface area contributed by atoms with Crippen molar-refractivity contribution in [2.45, 2.75) is 11.3 Å². The quantitative estimate of drug-likeness (QED) is 0.603. The number of alkyl halides is 2. The summed E-state index contributed by atoms with van der Waals surface area (Å²) in [6.45, 7) is 0. The topological polar surface area (TPSA) is 0 Å². The first-order valence-electron chi connectivity index (χ1n) is 5.94. The lowest BCUT2D eigenvalue weighted by Gasteiger charge is -2.48. The van der Waals surface area contributed by atoms with Gasteiger partial charge >= 0.3 is 0 Å². The van der Waals surface area contributed by atoms with Crippen LogP contribution in [-0.4, -0.2) is 11.3 Å². The number of rotatable bonds is 0. The minimum atomic E-state index is -2.09. The fourth-order valence-electron chi connectivity index (χ4n) is 3.14. The average Bonchev–Trinajstić information content (AvgIpc) is 2.37. The van der Waals surface area contributed by atoms with Gasteiger partial charge in [0.15, 0.2) is 0 Å². The highest BCUT2D eigenvalue weighted by Crippen LogP contribution is 2.58. The van der Waals surface area contributed by atoms with Crippen LogP contribution in [0, 0.1) is 0 Å². The first-order valence-corrected chi connectivity index (χ1v) is 5.94. The van der Waals surface area contributed by atoms with Gasteiger partial charge in [-0.2, -0.15) is 0 Å². The Bertz CT molecular complexity index is 609. The van der Waals surface area contributed by atoms with Crippen molar-refractivity contribution in [1.82, 2.24) is 0 Å². The lowest BCUT2D eigenvalue weighted by molar-refractivity contribution is 0.0760. The van der Waals surface area contributed by atoms with E-state index in [1.54, 1.807) is 60.8 Å². The summed E-state index contributed by atoms with van der Waals surface area (Å²) in [5, 5.41) is 0. The fraction of sp³-hybridized carbons (Fsp3) is 0.125. The molecule has 4 aliphatic carbocycles. The van der Waals surface area contributed by atoms with E-state index in [1.807, 2.05) is 0 Å². The van der Waals surface area contributed by atoms with Gasteiger partial charge in [-0.3, -0.25) is 0 Å². The predicted molar refractivity (Wildman–Crippen MR) is 67.4 cm³/mol. The molecular weight excluding hydrogens is 230 g/mol. The molecule has 0 heterocycles. The van der Waals surface area contributed by atoms with Crippen molar-refractivity contribution < 1.29 is 8.78 Å². The highest BCUT2D eigenvalue weighted by atomic mass is 19.2. The van der Waals surface area contributed by atoms with Crippen LogP contribution in [0.15, 0.2) is 83.1 Å². The Labute approximate surface area is 104 Å². The van der Waals surface area contributed by atoms with Crippen LogP contribution in [0.3, 0.4) is 0 Å². The maximum atomic E-state index is 15.5. The highest BCUT2D eigenvalue weighted by molar-refractivity contribution is 5.71. The molecule has 0 bridgehead atoms. The second-order valence-corrected chi connectivity index (χ2v) is 4.86. The first-order chi connectivity index (χ1) is 8.67. The molecule has 0 aromatic heterocycles. The van der Waals surface area contributed by atoms with E-state index in [0.717, 1.165) is 0 Å². The molecule has 4 aliphatic rings. The van der Waals surface area contributed by atoms with Crippen molar-refractivity contribution >= 4 is 0 Å². The third kappa shape index (κ3) is 0.849. The van der Waals surface area contributed by atoms with Gasteiger partial charge in [0.1, 0.15) is 0 Å². The molecule has 0 amide bonds. The van der Waals surface area contributed by atoms with Crippen LogP contribution in [0.5, 0.6) is 0 Å². The van der Waals surface area contributed by atoms with Gasteiger partial charge in [-0.15, -0.1) is 0 Å². The van der Waals surface area contributed by atoms with Crippen molar-refractivity contribution in [3.63, 3.8) is 0 Å². The number of halogens is 2. The minimum absolute atomic E-state index is 0.386. The zero-order valence-corrected chi connectivity index (χ0v) is 9.53. The molecule has 88 valence electrons. The molecular formula is C16H10F2. The molecule has 0 aromatic carbocycles. The van der Waals surface area contributed by atoms with E-state index in [-0.39, 0.29) is 0 Å². The van der Waals surface area contributed by atoms with Crippen LogP contribution >= 0.6 is 0 Å². The molecule has 2 atom stereocenters. The fourth-order valence-corrected chi connectivity index (χ4v) is 3.14. The van der Waals surface area contributed by atoms with Crippen LogP contribution in [0.4, 0.5) is 8.78 Å². The zero-order valence-electron chi connectivity index (χ0n) is 9.53. The van der Waals surface area contributed by atoms with Crippen LogP contribution < -0.4 is 0 Å². The second kappa shape index (κ2) is 2.89. The maximum absolute atomic E-state index is 15.5. The molecule has 0 saturated carbocycles. The number of allylic oxidation sites excluding steroid dienone is 14. The molecule has 0 N–H and O–H groups in total. The Morgan fingerprint density at radius 2 is 0.944 bits per heavy atom. The van der Waals surface area contributed by atoms with Gasteiger partial charge in [0.2, 0.25) is 11.3 Å². The van der Waals surface area contributed by atoms with E-state index in [1.165, 1.54) is 0 Å². The van der Waals surface area contributed by atoms with Gasteiger partial charge in [0, 0.05) is 0 Å². The first kappa shape index (κ1) is 10.0. The van der Waals surface area contributed by atoms with E-state index in [9.17, 15) is 0 Å². The smallest absolute Gasteiger partial charge is 0.203 e. The summed E-state index contributed by atoms with van der Waals surface area (Å²) in [6, 6.07) is 0. The Balaban J connectivity index is 2.15. The van der Waals surface area contributed by atoms with Crippen LogP contribution in [-0.2, 0) is 0 Å². The molecule has 0 nitrogen and oxygen atoms in total. The van der Waals surface area contributed by atoms with Gasteiger partial charge in [-0.05, 0) is 22.3 Å². The lowest BCUT2D eigenvalue weighted by Crippen LogP contribution is -2.55. The largest absolute Gasteiger partial charge is 0.229 e. The Morgan fingerprint density at radius 1 is 0.556 bits per heavy atom. The van der Waals surface area contributed by atoms with Gasteiger partial charge in [-0.1, -0.05) is 60.8 Å². The third-order valence-corrected chi connectivity index (χ3v) is 4.05. The third-order valence-electron chi connectivity index (χ3n) is 4.05. The number of hydrogen-bond acceptors (Lipinski definition) is 0. The summed E-state index contributed by atoms with van der Waals surface area (Å²) in [5.41, 5.74) is -2.63. The molecule has 0 radical (unpaired) electrons. The molecule has 0 spiro atoms. The van der Waals surface area contributed by atoms with E-state index in [4.69, 9.17) is 0 Å². The summed E-state index contributed by atoms with van der Waals surface area (Å²) in [5.74, 6) is 0. The molecule has 0 fully saturated rings. The van der Waals surface area contributed by atoms with Crippen molar-refractivity contribution in [3.8, 4) is 0 Å². The summed E-state index contributed by atoms with van der Waals surface area (Å²) >= 11 is 0. The van der Waals surface area contributed by atoms with E-state index < -0.39 is 11.3 Å². The summed E-state index contributed by atoms with van der Waals surface area (Å²) in [4.78, 5) is 0. The van der Waals surface area contributed by atoms with Gasteiger partial charge in [0.25, 0.3) is 0 Å². The Hall–Kier alpha value is -1.96. The molecule has 2 heteroatoms. The maximum Gasteiger partial charge on any atom is 0.203 e. The van der Waals surface area contributed by atoms with Gasteiger partial charge in [0.05, 0.1) is 0 Å². The summed E-state index contributed by atoms with van der Waals surface area (Å²) in [6.07, 6.45) is 16.8. The molecule has 0 saturated heterocycles. The Morgan fingerprint density at radius 3 is 1.39 bits per heavy atom. The summed E-state index contributed by atoms with van der Waals surface area (Å²) in [7, 11) is 0. The highest BCUT2D eigenvalue weighted by Gasteiger charge is 2.63. The van der Waals surface area contributed by atoms with E-state index >= 15 is 8.78 Å². The standard InChI is InChI=1S/C16H10F2/c17-15-11-3-1-4-12(15)8-10-14-6-2-5-13(9-7-11)16(14,15)18/h1-10H. The van der Waals surface area contributed by atoms with Gasteiger partial charge < -0.3 is 0 Å². The van der Waals surface area contributed by atoms with Crippen molar-refractivity contribution in [3.05, 3.63) is 83.1 Å². The van der Waals surface area contributed by atoms with Crippen LogP contribution in [0.25, 0.3) is 0 Å². The molecule has 0 aromatic rings. The van der Waals surface area contributed by atoms with Crippen molar-refractivity contribution in [1.29, 1.82) is 0 Å². The zero-order chi connectivity index (χ0) is 12.4. The monoisotopic (exact) mass is 240 g/mol. The van der Waals surface area contributed by atoms with Crippen LogP contribution in [0.2, 0.25) is 0 Å². The molecule has 0 aliphatic heterocycles. The normalized spacial score (nSPS) is 38.6. The van der Waals surface area contributed by atoms with E-state index in [2.05, 4.69) is 0 Å². The van der Waals surface area contributed by atoms with Crippen LogP contribution in [0.1, 0.15) is 0 Å². The predicted octanol–water partition coefficient (Wildman–Crippen LogP) is 3.83. The SMILES string of the molecule is FC12C3=CC=CC1=CC=C1C=CC=C(C=C3)C12F. The lowest BCUT2D eigenvalue weighted by atomic mass is 9.60. The van der Waals surface area contributed by atoms with Gasteiger partial charge in [-0.25, -0.2) is 8.78 Å². The molecule has 4 rings (SSSR count). The Kier molecular flexibility index (Phi) is 1.61. The molecule has 18 heavy (non-hydrogen) atoms. The number of hydrogen-bond donors (Lipinski definition) is 0. The molecule has 2 unspecified atom stereocenters. The summed E-state index contributed by atoms with van der Waals surface area (Å²) < 4.78 is 31.0. The van der Waals surface area contributed by atoms with E-state index in [0.29, 0.717) is 22.3 Å². The van der Waals surface area contributed by atoms with Crippen molar-refractivity contribution in [2.24, 2.45) is 0 Å². The minimum Gasteiger partial charge on any atom is -0.229 e. The van der Waals surface area contributed by atoms with Crippen molar-refractivity contribution in [2.75, 3.05) is 0 Å². The second-order valence-electron chi connectivity index (χ2n) is 4.86.